The van der Waals surface area contributed by atoms with Crippen molar-refractivity contribution in [1.29, 1.82) is 0 Å². The molecule has 0 heterocycles. The highest BCUT2D eigenvalue weighted by Gasteiger charge is 2.27. The maximum Gasteiger partial charge on any atom is 0.372 e. The van der Waals surface area contributed by atoms with E-state index in [4.69, 9.17) is 66.5 Å². The Balaban J connectivity index is 0.000000225. The van der Waals surface area contributed by atoms with Crippen molar-refractivity contribution >= 4 is 102 Å². The van der Waals surface area contributed by atoms with Gasteiger partial charge in [0.05, 0.1) is 0 Å². The van der Waals surface area contributed by atoms with Gasteiger partial charge in [-0.3, -0.25) is 0 Å². The summed E-state index contributed by atoms with van der Waals surface area (Å²) in [7, 11) is -1.56. The van der Waals surface area contributed by atoms with Crippen LogP contribution in [0.3, 0.4) is 0 Å². The van der Waals surface area contributed by atoms with E-state index in [-0.39, 0.29) is 0 Å². The summed E-state index contributed by atoms with van der Waals surface area (Å²) in [4.78, 5) is 0. The SMILES string of the molecule is C[Si](C)(Cl)c1ccccc1.C[Si](Cl)(Cl)c1ccccc1.Cl[Si](Cl)(Cl)c1ccccc1. The Morgan fingerprint density at radius 3 is 0.900 bits per heavy atom. The van der Waals surface area contributed by atoms with Crippen molar-refractivity contribution in [3.63, 3.8) is 0 Å². The molecule has 0 atom stereocenters. The highest BCUT2D eigenvalue weighted by Crippen LogP contribution is 2.18. The van der Waals surface area contributed by atoms with Gasteiger partial charge in [-0.2, -0.15) is 11.1 Å². The molecule has 0 N–H and O–H groups in total. The number of halogens is 6. The van der Waals surface area contributed by atoms with Gasteiger partial charge in [0, 0.05) is 0 Å². The van der Waals surface area contributed by atoms with Crippen LogP contribution in [0.4, 0.5) is 0 Å². The first-order valence-corrected chi connectivity index (χ1v) is 22.7. The molecule has 0 bridgehead atoms. The van der Waals surface area contributed by atoms with Gasteiger partial charge in [-0.25, -0.2) is 0 Å². The zero-order valence-electron chi connectivity index (χ0n) is 16.9. The summed E-state index contributed by atoms with van der Waals surface area (Å²) in [6, 6.07) is 26.7. The van der Waals surface area contributed by atoms with Gasteiger partial charge in [0.15, 0.2) is 7.38 Å². The van der Waals surface area contributed by atoms with Crippen LogP contribution in [-0.4, -0.2) is 20.1 Å². The van der Waals surface area contributed by atoms with Crippen LogP contribution in [0.15, 0.2) is 91.0 Å². The van der Waals surface area contributed by atoms with E-state index < -0.39 is 20.1 Å². The van der Waals surface area contributed by atoms with Crippen LogP contribution >= 0.6 is 66.5 Å². The first kappa shape index (κ1) is 28.1. The largest absolute Gasteiger partial charge is 0.372 e. The summed E-state index contributed by atoms with van der Waals surface area (Å²) in [6.45, 7) is 4.06. The molecule has 3 rings (SSSR count). The third-order valence-electron chi connectivity index (χ3n) is 3.84. The van der Waals surface area contributed by atoms with Crippen molar-refractivity contribution in [2.75, 3.05) is 0 Å². The molecule has 0 spiro atoms. The molecule has 0 aliphatic carbocycles. The first-order chi connectivity index (χ1) is 13.8. The molecule has 0 unspecified atom stereocenters. The fourth-order valence-corrected chi connectivity index (χ4v) is 6.79. The average Bonchev–Trinajstić information content (AvgIpc) is 2.69. The molecule has 0 aromatic heterocycles. The third kappa shape index (κ3) is 11.6. The maximum absolute atomic E-state index is 6.20. The summed E-state index contributed by atoms with van der Waals surface area (Å²) < 4.78 is 0. The molecule has 0 saturated heterocycles. The molecule has 9 heteroatoms. The Morgan fingerprint density at radius 2 is 0.733 bits per heavy atom. The number of rotatable bonds is 3. The van der Waals surface area contributed by atoms with Crippen molar-refractivity contribution < 1.29 is 0 Å². The molecule has 0 fully saturated rings. The highest BCUT2D eigenvalue weighted by molar-refractivity contribution is 7.69. The van der Waals surface area contributed by atoms with Crippen LogP contribution in [0.2, 0.25) is 19.6 Å². The first-order valence-electron chi connectivity index (χ1n) is 9.12. The Kier molecular flexibility index (Phi) is 12.1. The van der Waals surface area contributed by atoms with Crippen LogP contribution in [0.1, 0.15) is 0 Å². The summed E-state index contributed by atoms with van der Waals surface area (Å²) in [5.74, 6) is 0. The second-order valence-corrected chi connectivity index (χ2v) is 29.2. The van der Waals surface area contributed by atoms with Gasteiger partial charge in [-0.05, 0) is 22.1 Å². The van der Waals surface area contributed by atoms with Gasteiger partial charge in [-0.1, -0.05) is 104 Å². The van der Waals surface area contributed by atoms with E-state index in [1.165, 1.54) is 5.19 Å². The standard InChI is InChI=1S/C8H11ClSi.C7H8Cl2Si.C6H5Cl3Si/c1-10(2,9)8-6-4-3-5-7-8;1-10(8,9)7-5-3-2-4-6-7;7-10(8,9)6-4-2-1-3-5-6/h3-7H,1-2H3;2-6H,1H3;1-5H. The Labute approximate surface area is 211 Å². The fraction of sp³-hybridized carbons (Fsp3) is 0.143. The zero-order valence-corrected chi connectivity index (χ0v) is 24.5. The van der Waals surface area contributed by atoms with Gasteiger partial charge >= 0.3 is 6.00 Å². The van der Waals surface area contributed by atoms with Crippen molar-refractivity contribution in [3.8, 4) is 0 Å². The second kappa shape index (κ2) is 12.9. The number of hydrogen-bond acceptors (Lipinski definition) is 0. The molecule has 0 aliphatic heterocycles. The van der Waals surface area contributed by atoms with Gasteiger partial charge in [-0.15, -0.1) is 55.4 Å². The van der Waals surface area contributed by atoms with E-state index in [9.17, 15) is 0 Å². The van der Waals surface area contributed by atoms with Crippen LogP contribution in [0.25, 0.3) is 0 Å². The molecule has 162 valence electrons. The molecule has 3 aromatic rings. The normalized spacial score (nSPS) is 11.5. The molecule has 0 aliphatic rings. The van der Waals surface area contributed by atoms with E-state index in [0.29, 0.717) is 0 Å². The molecule has 0 amide bonds. The summed E-state index contributed by atoms with van der Waals surface area (Å²) in [5, 5.41) is 3.20. The summed E-state index contributed by atoms with van der Waals surface area (Å²) >= 11 is 35.3. The topological polar surface area (TPSA) is 0 Å². The molecular weight excluding hydrogens is 549 g/mol. The number of hydrogen-bond donors (Lipinski definition) is 0. The lowest BCUT2D eigenvalue weighted by Crippen LogP contribution is -2.34. The molecule has 30 heavy (non-hydrogen) atoms. The maximum atomic E-state index is 6.20. The molecule has 0 nitrogen and oxygen atoms in total. The van der Waals surface area contributed by atoms with E-state index in [0.717, 1.165) is 10.4 Å². The number of benzene rings is 3. The minimum atomic E-state index is -2.62. The molecule has 0 saturated carbocycles. The van der Waals surface area contributed by atoms with Gasteiger partial charge in [0.25, 0.3) is 6.69 Å². The third-order valence-corrected chi connectivity index (χ3v) is 11.8. The van der Waals surface area contributed by atoms with E-state index in [1.54, 1.807) is 0 Å². The predicted octanol–water partition coefficient (Wildman–Crippen LogP) is 7.33. The van der Waals surface area contributed by atoms with Crippen LogP contribution in [0, 0.1) is 0 Å². The lowest BCUT2D eigenvalue weighted by molar-refractivity contribution is 1.73. The smallest absolute Gasteiger partial charge is 0.162 e. The van der Waals surface area contributed by atoms with Crippen molar-refractivity contribution in [2.24, 2.45) is 0 Å². The van der Waals surface area contributed by atoms with Gasteiger partial charge in [0.2, 0.25) is 0 Å². The molecular formula is C21H24Cl6Si3. The average molecular weight is 573 g/mol. The molecule has 3 aromatic carbocycles. The van der Waals surface area contributed by atoms with Gasteiger partial charge < -0.3 is 0 Å². The van der Waals surface area contributed by atoms with E-state index in [1.807, 2.05) is 85.4 Å². The highest BCUT2D eigenvalue weighted by atomic mass is 35.8. The lowest BCUT2D eigenvalue weighted by atomic mass is 10.4. The lowest BCUT2D eigenvalue weighted by Gasteiger charge is -2.11. The monoisotopic (exact) mass is 570 g/mol. The van der Waals surface area contributed by atoms with Crippen LogP contribution < -0.4 is 15.6 Å². The summed E-state index contributed by atoms with van der Waals surface area (Å²) in [5.41, 5.74) is 0. The zero-order chi connectivity index (χ0) is 22.8. The minimum absolute atomic E-state index is 0.833. The Hall–Kier alpha value is 0.0506. The molecule has 0 radical (unpaired) electrons. The van der Waals surface area contributed by atoms with Gasteiger partial charge in [0.1, 0.15) is 0 Å². The Bertz CT molecular complexity index is 725. The van der Waals surface area contributed by atoms with Crippen molar-refractivity contribution in [2.45, 2.75) is 19.6 Å². The fourth-order valence-electron chi connectivity index (χ4n) is 2.19. The summed E-state index contributed by atoms with van der Waals surface area (Å²) in [6.07, 6.45) is 0. The van der Waals surface area contributed by atoms with Crippen molar-refractivity contribution in [3.05, 3.63) is 91.0 Å². The van der Waals surface area contributed by atoms with Crippen molar-refractivity contribution in [1.82, 2.24) is 0 Å². The van der Waals surface area contributed by atoms with E-state index in [2.05, 4.69) is 25.2 Å². The van der Waals surface area contributed by atoms with Crippen LogP contribution in [-0.2, 0) is 0 Å². The predicted molar refractivity (Wildman–Crippen MR) is 148 cm³/mol. The quantitative estimate of drug-likeness (QED) is 0.228. The van der Waals surface area contributed by atoms with Crippen LogP contribution in [0.5, 0.6) is 0 Å². The Morgan fingerprint density at radius 1 is 0.433 bits per heavy atom. The second-order valence-electron chi connectivity index (χ2n) is 6.96. The van der Waals surface area contributed by atoms with E-state index >= 15 is 0 Å². The minimum Gasteiger partial charge on any atom is -0.162 e.